The van der Waals surface area contributed by atoms with Gasteiger partial charge in [0.05, 0.1) is 0 Å². The molecule has 3 heteroatoms. The van der Waals surface area contributed by atoms with Gasteiger partial charge in [-0.05, 0) is 12.8 Å². The lowest BCUT2D eigenvalue weighted by Gasteiger charge is -1.87. The van der Waals surface area contributed by atoms with Crippen molar-refractivity contribution in [1.29, 1.82) is 0 Å². The van der Waals surface area contributed by atoms with E-state index in [2.05, 4.69) is 0 Å². The molecule has 2 N–H and O–H groups in total. The van der Waals surface area contributed by atoms with Crippen molar-refractivity contribution < 1.29 is 8.78 Å². The summed E-state index contributed by atoms with van der Waals surface area (Å²) >= 11 is 0. The van der Waals surface area contributed by atoms with E-state index in [0.717, 1.165) is 0 Å². The molecule has 0 aromatic heterocycles. The fourth-order valence-electron chi connectivity index (χ4n) is 1.78. The zero-order valence-corrected chi connectivity index (χ0v) is 5.03. The molecule has 2 saturated carbocycles. The van der Waals surface area contributed by atoms with Gasteiger partial charge in [0.1, 0.15) is 0 Å². The highest BCUT2D eigenvalue weighted by atomic mass is 19.3. The Morgan fingerprint density at radius 1 is 1.44 bits per heavy atom. The van der Waals surface area contributed by atoms with Gasteiger partial charge in [0.2, 0.25) is 0 Å². The highest BCUT2D eigenvalue weighted by Crippen LogP contribution is 2.79. The molecule has 0 aromatic carbocycles. The van der Waals surface area contributed by atoms with Crippen LogP contribution in [0.5, 0.6) is 0 Å². The summed E-state index contributed by atoms with van der Waals surface area (Å²) in [6.45, 7) is 0.160. The largest absolute Gasteiger partial charge is 0.330 e. The third kappa shape index (κ3) is 0.397. The zero-order chi connectivity index (χ0) is 6.70. The van der Waals surface area contributed by atoms with E-state index in [4.69, 9.17) is 5.73 Å². The fourth-order valence-corrected chi connectivity index (χ4v) is 1.78. The van der Waals surface area contributed by atoms with Crippen molar-refractivity contribution in [3.8, 4) is 0 Å². The molecular formula is C6H9F2N. The Morgan fingerprint density at radius 2 is 2.00 bits per heavy atom. The molecule has 0 heterocycles. The van der Waals surface area contributed by atoms with Crippen LogP contribution < -0.4 is 5.73 Å². The second kappa shape index (κ2) is 1.15. The third-order valence-electron chi connectivity index (χ3n) is 2.71. The van der Waals surface area contributed by atoms with Crippen LogP contribution in [0.3, 0.4) is 0 Å². The van der Waals surface area contributed by atoms with Gasteiger partial charge in [0, 0.05) is 17.9 Å². The van der Waals surface area contributed by atoms with E-state index in [1.165, 1.54) is 0 Å². The summed E-state index contributed by atoms with van der Waals surface area (Å²) in [4.78, 5) is 0. The maximum absolute atomic E-state index is 12.6. The molecule has 0 bridgehead atoms. The Labute approximate surface area is 52.2 Å². The molecule has 1 atom stereocenters. The molecule has 0 aliphatic heterocycles. The van der Waals surface area contributed by atoms with Crippen molar-refractivity contribution in [3.05, 3.63) is 0 Å². The Hall–Kier alpha value is -0.180. The van der Waals surface area contributed by atoms with Crippen LogP contribution in [0.4, 0.5) is 8.78 Å². The van der Waals surface area contributed by atoms with Gasteiger partial charge in [-0.1, -0.05) is 0 Å². The highest BCUT2D eigenvalue weighted by Gasteiger charge is 2.85. The van der Waals surface area contributed by atoms with Gasteiger partial charge in [-0.15, -0.1) is 0 Å². The first kappa shape index (κ1) is 5.59. The van der Waals surface area contributed by atoms with Crippen molar-refractivity contribution in [1.82, 2.24) is 0 Å². The van der Waals surface area contributed by atoms with Crippen molar-refractivity contribution in [2.45, 2.75) is 18.8 Å². The molecule has 2 aliphatic rings. The number of hydrogen-bond acceptors (Lipinski definition) is 1. The maximum atomic E-state index is 12.6. The van der Waals surface area contributed by atoms with Crippen molar-refractivity contribution in [2.24, 2.45) is 17.1 Å². The number of nitrogens with two attached hydrogens (primary N) is 1. The monoisotopic (exact) mass is 133 g/mol. The molecule has 0 radical (unpaired) electrons. The topological polar surface area (TPSA) is 26.0 Å². The summed E-state index contributed by atoms with van der Waals surface area (Å²) in [7, 11) is 0. The van der Waals surface area contributed by atoms with E-state index < -0.39 is 17.3 Å². The summed E-state index contributed by atoms with van der Waals surface area (Å²) < 4.78 is 25.1. The summed E-state index contributed by atoms with van der Waals surface area (Å²) in [6, 6.07) is 0. The molecule has 0 aromatic rings. The molecule has 2 fully saturated rings. The van der Waals surface area contributed by atoms with Crippen LogP contribution in [0.1, 0.15) is 12.8 Å². The van der Waals surface area contributed by atoms with Gasteiger partial charge in [-0.25, -0.2) is 8.78 Å². The highest BCUT2D eigenvalue weighted by molar-refractivity contribution is 5.26. The van der Waals surface area contributed by atoms with E-state index in [9.17, 15) is 8.78 Å². The average Bonchev–Trinajstić information content (AvgIpc) is 2.54. The van der Waals surface area contributed by atoms with Crippen LogP contribution >= 0.6 is 0 Å². The van der Waals surface area contributed by atoms with E-state index in [1.807, 2.05) is 0 Å². The Kier molecular flexibility index (Phi) is 0.712. The van der Waals surface area contributed by atoms with Crippen LogP contribution in [-0.2, 0) is 0 Å². The molecule has 1 spiro atoms. The molecule has 2 rings (SSSR count). The van der Waals surface area contributed by atoms with Gasteiger partial charge < -0.3 is 5.73 Å². The Bertz CT molecular complexity index is 147. The predicted molar refractivity (Wildman–Crippen MR) is 29.2 cm³/mol. The normalized spacial score (nSPS) is 41.0. The van der Waals surface area contributed by atoms with E-state index in [1.54, 1.807) is 0 Å². The summed E-state index contributed by atoms with van der Waals surface area (Å²) in [5.41, 5.74) is 4.55. The minimum atomic E-state index is -2.40. The predicted octanol–water partition coefficient (Wildman–Crippen LogP) is 0.990. The van der Waals surface area contributed by atoms with E-state index in [0.29, 0.717) is 12.8 Å². The van der Waals surface area contributed by atoms with Crippen LogP contribution in [0.25, 0.3) is 0 Å². The second-order valence-electron chi connectivity index (χ2n) is 3.07. The fraction of sp³-hybridized carbons (Fsp3) is 1.00. The number of hydrogen-bond donors (Lipinski definition) is 1. The molecule has 2 aliphatic carbocycles. The molecule has 0 amide bonds. The lowest BCUT2D eigenvalue weighted by Crippen LogP contribution is -2.06. The van der Waals surface area contributed by atoms with Crippen LogP contribution in [-0.4, -0.2) is 12.5 Å². The SMILES string of the molecule is NCC1C(F)(F)C12CC2. The van der Waals surface area contributed by atoms with Gasteiger partial charge in [-0.3, -0.25) is 0 Å². The Morgan fingerprint density at radius 3 is 2.11 bits per heavy atom. The molecule has 1 nitrogen and oxygen atoms in total. The number of halogens is 2. The van der Waals surface area contributed by atoms with Crippen molar-refractivity contribution in [2.75, 3.05) is 6.54 Å². The maximum Gasteiger partial charge on any atom is 0.258 e. The first-order valence-corrected chi connectivity index (χ1v) is 3.23. The Balaban J connectivity index is 2.16. The second-order valence-corrected chi connectivity index (χ2v) is 3.07. The van der Waals surface area contributed by atoms with E-state index >= 15 is 0 Å². The van der Waals surface area contributed by atoms with Gasteiger partial charge in [0.25, 0.3) is 5.92 Å². The smallest absolute Gasteiger partial charge is 0.258 e. The molecular weight excluding hydrogens is 124 g/mol. The van der Waals surface area contributed by atoms with Crippen molar-refractivity contribution in [3.63, 3.8) is 0 Å². The van der Waals surface area contributed by atoms with Crippen LogP contribution in [0, 0.1) is 11.3 Å². The summed E-state index contributed by atoms with van der Waals surface area (Å²) in [5.74, 6) is -2.88. The third-order valence-corrected chi connectivity index (χ3v) is 2.71. The zero-order valence-electron chi connectivity index (χ0n) is 5.03. The van der Waals surface area contributed by atoms with E-state index in [-0.39, 0.29) is 6.54 Å². The van der Waals surface area contributed by atoms with Crippen LogP contribution in [0.2, 0.25) is 0 Å². The van der Waals surface area contributed by atoms with Crippen LogP contribution in [0.15, 0.2) is 0 Å². The quantitative estimate of drug-likeness (QED) is 0.567. The lowest BCUT2D eigenvalue weighted by atomic mass is 10.3. The average molecular weight is 133 g/mol. The standard InChI is InChI=1S/C6H9F2N/c7-6(8)4(3-9)5(6)1-2-5/h4H,1-3,9H2. The van der Waals surface area contributed by atoms with Crippen molar-refractivity contribution >= 4 is 0 Å². The first-order valence-electron chi connectivity index (χ1n) is 3.23. The molecule has 9 heavy (non-hydrogen) atoms. The van der Waals surface area contributed by atoms with Gasteiger partial charge in [-0.2, -0.15) is 0 Å². The summed E-state index contributed by atoms with van der Waals surface area (Å²) in [5, 5.41) is 0. The minimum absolute atomic E-state index is 0.160. The molecule has 1 unspecified atom stereocenters. The summed E-state index contributed by atoms with van der Waals surface area (Å²) in [6.07, 6.45) is 1.39. The molecule has 0 saturated heterocycles. The molecule has 52 valence electrons. The van der Waals surface area contributed by atoms with Gasteiger partial charge in [0.15, 0.2) is 0 Å². The number of rotatable bonds is 1. The lowest BCUT2D eigenvalue weighted by molar-refractivity contribution is 0.0808. The first-order chi connectivity index (χ1) is 4.15. The minimum Gasteiger partial charge on any atom is -0.330 e. The van der Waals surface area contributed by atoms with Gasteiger partial charge >= 0.3 is 0 Å². The number of alkyl halides is 2.